The van der Waals surface area contributed by atoms with Gasteiger partial charge in [-0.3, -0.25) is 9.78 Å². The molecule has 0 spiro atoms. The van der Waals surface area contributed by atoms with E-state index in [9.17, 15) is 9.59 Å². The summed E-state index contributed by atoms with van der Waals surface area (Å²) >= 11 is 8.97. The minimum Gasteiger partial charge on any atom is -0.306 e. The number of rotatable bonds is 2. The van der Waals surface area contributed by atoms with Crippen molar-refractivity contribution in [1.82, 2.24) is 14.5 Å². The third kappa shape index (κ3) is 2.55. The largest absolute Gasteiger partial charge is 0.333 e. The number of halogens is 1. The van der Waals surface area contributed by atoms with Gasteiger partial charge in [0.25, 0.3) is 5.56 Å². The van der Waals surface area contributed by atoms with Gasteiger partial charge in [0.15, 0.2) is 0 Å². The van der Waals surface area contributed by atoms with Crippen molar-refractivity contribution in [3.8, 4) is 16.1 Å². The van der Waals surface area contributed by atoms with E-state index >= 15 is 0 Å². The fraction of sp³-hybridized carbons (Fsp3) is 0. The quantitative estimate of drug-likeness (QED) is 0.459. The molecule has 5 nitrogen and oxygen atoms in total. The first-order valence-corrected chi connectivity index (χ1v) is 10.1. The molecule has 27 heavy (non-hydrogen) atoms. The molecular weight excluding hydrogens is 402 g/mol. The number of H-pyrrole nitrogens is 1. The molecule has 0 saturated carbocycles. The van der Waals surface area contributed by atoms with Crippen LogP contribution in [-0.4, -0.2) is 14.5 Å². The van der Waals surface area contributed by atoms with Crippen molar-refractivity contribution in [3.05, 3.63) is 79.3 Å². The molecule has 5 rings (SSSR count). The summed E-state index contributed by atoms with van der Waals surface area (Å²) in [6, 6.07) is 11.2. The Labute approximate surface area is 165 Å². The van der Waals surface area contributed by atoms with Crippen molar-refractivity contribution < 1.29 is 0 Å². The minimum absolute atomic E-state index is 0.366. The Hall–Kier alpha value is -2.74. The van der Waals surface area contributed by atoms with Gasteiger partial charge in [-0.05, 0) is 17.5 Å². The number of pyridine rings is 1. The zero-order valence-electron chi connectivity index (χ0n) is 13.6. The fourth-order valence-corrected chi connectivity index (χ4v) is 5.25. The standard InChI is InChI=1S/C19H10ClN3O2S2/c20-17-12(5-6-26-17)15-7-13-16(27-15)18(24)23(19(25)22-13)14-9-21-8-10-3-1-2-4-11(10)14/h1-9H,(H,22,25). The molecule has 0 radical (unpaired) electrons. The molecule has 0 aliphatic rings. The summed E-state index contributed by atoms with van der Waals surface area (Å²) in [5.74, 6) is 0. The molecule has 132 valence electrons. The van der Waals surface area contributed by atoms with Gasteiger partial charge in [0.05, 0.1) is 17.4 Å². The molecule has 0 saturated heterocycles. The number of aromatic nitrogens is 3. The molecular formula is C19H10ClN3O2S2. The van der Waals surface area contributed by atoms with Crippen LogP contribution in [0.2, 0.25) is 4.34 Å². The summed E-state index contributed by atoms with van der Waals surface area (Å²) < 4.78 is 2.27. The molecule has 0 fully saturated rings. The number of hydrogen-bond donors (Lipinski definition) is 1. The number of nitrogens with zero attached hydrogens (tertiary/aromatic N) is 2. The summed E-state index contributed by atoms with van der Waals surface area (Å²) in [6.45, 7) is 0. The van der Waals surface area contributed by atoms with Gasteiger partial charge in [0.2, 0.25) is 0 Å². The van der Waals surface area contributed by atoms with Crippen LogP contribution < -0.4 is 11.2 Å². The maximum Gasteiger partial charge on any atom is 0.333 e. The van der Waals surface area contributed by atoms with Gasteiger partial charge in [-0.1, -0.05) is 35.9 Å². The normalized spacial score (nSPS) is 11.4. The second kappa shape index (κ2) is 6.16. The number of benzene rings is 1. The second-order valence-electron chi connectivity index (χ2n) is 5.91. The van der Waals surface area contributed by atoms with Crippen LogP contribution >= 0.6 is 34.3 Å². The SMILES string of the molecule is O=c1[nH]c2cc(-c3ccsc3Cl)sc2c(=O)n1-c1cncc2ccccc12. The van der Waals surface area contributed by atoms with Gasteiger partial charge < -0.3 is 4.98 Å². The number of hydrogen-bond acceptors (Lipinski definition) is 5. The highest BCUT2D eigenvalue weighted by Crippen LogP contribution is 2.38. The second-order valence-corrected chi connectivity index (χ2v) is 8.48. The Kier molecular flexibility index (Phi) is 3.75. The lowest BCUT2D eigenvalue weighted by Crippen LogP contribution is -2.33. The summed E-state index contributed by atoms with van der Waals surface area (Å²) in [5.41, 5.74) is 0.976. The highest BCUT2D eigenvalue weighted by Gasteiger charge is 2.16. The third-order valence-electron chi connectivity index (χ3n) is 4.35. The summed E-state index contributed by atoms with van der Waals surface area (Å²) in [7, 11) is 0. The van der Waals surface area contributed by atoms with Gasteiger partial charge in [0.1, 0.15) is 9.04 Å². The van der Waals surface area contributed by atoms with Gasteiger partial charge in [0, 0.05) is 27.4 Å². The van der Waals surface area contributed by atoms with E-state index in [1.165, 1.54) is 28.9 Å². The summed E-state index contributed by atoms with van der Waals surface area (Å²) in [4.78, 5) is 33.7. The molecule has 8 heteroatoms. The van der Waals surface area contributed by atoms with E-state index in [0.29, 0.717) is 20.2 Å². The minimum atomic E-state index is -0.494. The number of thiophene rings is 2. The molecule has 1 aromatic carbocycles. The molecule has 0 amide bonds. The molecule has 0 aliphatic heterocycles. The average molecular weight is 412 g/mol. The van der Waals surface area contributed by atoms with Crippen LogP contribution in [0.1, 0.15) is 0 Å². The molecule has 0 bridgehead atoms. The Morgan fingerprint density at radius 1 is 1.11 bits per heavy atom. The predicted octanol–water partition coefficient (Wildman–Crippen LogP) is 4.67. The van der Waals surface area contributed by atoms with Crippen LogP contribution in [0.15, 0.2) is 63.8 Å². The monoisotopic (exact) mass is 411 g/mol. The van der Waals surface area contributed by atoms with Crippen molar-refractivity contribution in [3.63, 3.8) is 0 Å². The lowest BCUT2D eigenvalue weighted by Gasteiger charge is -2.07. The molecule has 4 aromatic heterocycles. The van der Waals surface area contributed by atoms with Gasteiger partial charge >= 0.3 is 5.69 Å². The van der Waals surface area contributed by atoms with Crippen molar-refractivity contribution in [2.45, 2.75) is 0 Å². The van der Waals surface area contributed by atoms with E-state index in [4.69, 9.17) is 11.6 Å². The predicted molar refractivity (Wildman–Crippen MR) is 112 cm³/mol. The highest BCUT2D eigenvalue weighted by molar-refractivity contribution is 7.23. The Morgan fingerprint density at radius 3 is 2.78 bits per heavy atom. The van der Waals surface area contributed by atoms with Crippen molar-refractivity contribution in [1.29, 1.82) is 0 Å². The Morgan fingerprint density at radius 2 is 1.96 bits per heavy atom. The average Bonchev–Trinajstić information content (AvgIpc) is 3.28. The fourth-order valence-electron chi connectivity index (χ4n) is 3.11. The van der Waals surface area contributed by atoms with Crippen molar-refractivity contribution >= 4 is 55.3 Å². The van der Waals surface area contributed by atoms with E-state index in [-0.39, 0.29) is 5.56 Å². The molecule has 4 heterocycles. The summed E-state index contributed by atoms with van der Waals surface area (Å²) in [5, 5.41) is 3.54. The first-order chi connectivity index (χ1) is 13.1. The first-order valence-electron chi connectivity index (χ1n) is 7.99. The Balaban J connectivity index is 1.82. The molecule has 5 aromatic rings. The molecule has 0 atom stereocenters. The molecule has 0 aliphatic carbocycles. The van der Waals surface area contributed by atoms with Crippen molar-refractivity contribution in [2.24, 2.45) is 0 Å². The van der Waals surface area contributed by atoms with E-state index in [1.807, 2.05) is 35.7 Å². The maximum atomic E-state index is 13.2. The topological polar surface area (TPSA) is 67.8 Å². The van der Waals surface area contributed by atoms with Gasteiger partial charge in [-0.15, -0.1) is 22.7 Å². The zero-order chi connectivity index (χ0) is 18.5. The van der Waals surface area contributed by atoms with E-state index < -0.39 is 5.69 Å². The maximum absolute atomic E-state index is 13.2. The third-order valence-corrected chi connectivity index (χ3v) is 6.67. The number of nitrogens with one attached hydrogen (secondary N) is 1. The molecule has 1 N–H and O–H groups in total. The van der Waals surface area contributed by atoms with Crippen molar-refractivity contribution in [2.75, 3.05) is 0 Å². The molecule has 0 unspecified atom stereocenters. The van der Waals surface area contributed by atoms with Crippen LogP contribution in [0, 0.1) is 0 Å². The highest BCUT2D eigenvalue weighted by atomic mass is 35.5. The van der Waals surface area contributed by atoms with Crippen LogP contribution in [-0.2, 0) is 0 Å². The van der Waals surface area contributed by atoms with E-state index in [2.05, 4.69) is 9.97 Å². The van der Waals surface area contributed by atoms with E-state index in [1.54, 1.807) is 12.3 Å². The van der Waals surface area contributed by atoms with Gasteiger partial charge in [-0.25, -0.2) is 9.36 Å². The smallest absolute Gasteiger partial charge is 0.306 e. The first kappa shape index (κ1) is 16.4. The lowest BCUT2D eigenvalue weighted by molar-refractivity contribution is 0.905. The van der Waals surface area contributed by atoms with Crippen LogP contribution in [0.4, 0.5) is 0 Å². The summed E-state index contributed by atoms with van der Waals surface area (Å²) in [6.07, 6.45) is 3.24. The number of aromatic amines is 1. The Bertz CT molecular complexity index is 1440. The zero-order valence-corrected chi connectivity index (χ0v) is 16.0. The lowest BCUT2D eigenvalue weighted by atomic mass is 10.1. The van der Waals surface area contributed by atoms with Crippen LogP contribution in [0.3, 0.4) is 0 Å². The number of fused-ring (bicyclic) bond motifs is 2. The van der Waals surface area contributed by atoms with Gasteiger partial charge in [-0.2, -0.15) is 0 Å². The van der Waals surface area contributed by atoms with E-state index in [0.717, 1.165) is 25.8 Å². The van der Waals surface area contributed by atoms with Crippen LogP contribution in [0.5, 0.6) is 0 Å². The van der Waals surface area contributed by atoms with Crippen LogP contribution in [0.25, 0.3) is 37.1 Å².